The lowest BCUT2D eigenvalue weighted by atomic mass is 9.83. The molecule has 0 unspecified atom stereocenters. The first-order chi connectivity index (χ1) is 7.86. The number of nitrogens with one attached hydrogen (secondary N) is 1. The van der Waals surface area contributed by atoms with Gasteiger partial charge < -0.3 is 10.1 Å². The van der Waals surface area contributed by atoms with Crippen LogP contribution in [-0.2, 0) is 4.74 Å². The van der Waals surface area contributed by atoms with Crippen molar-refractivity contribution in [2.24, 2.45) is 5.92 Å². The van der Waals surface area contributed by atoms with E-state index < -0.39 is 0 Å². The second-order valence-electron chi connectivity index (χ2n) is 5.07. The summed E-state index contributed by atoms with van der Waals surface area (Å²) in [4.78, 5) is 0. The zero-order valence-electron chi connectivity index (χ0n) is 11.1. The minimum absolute atomic E-state index is 0.762. The van der Waals surface area contributed by atoms with E-state index in [2.05, 4.69) is 19.2 Å². The van der Waals surface area contributed by atoms with Crippen molar-refractivity contribution in [1.82, 2.24) is 5.32 Å². The van der Waals surface area contributed by atoms with E-state index in [4.69, 9.17) is 4.74 Å². The Morgan fingerprint density at radius 3 is 2.38 bits per heavy atom. The van der Waals surface area contributed by atoms with Gasteiger partial charge in [0, 0.05) is 19.2 Å². The van der Waals surface area contributed by atoms with Crippen LogP contribution >= 0.6 is 0 Å². The molecule has 0 atom stereocenters. The van der Waals surface area contributed by atoms with Gasteiger partial charge in [-0.15, -0.1) is 0 Å². The van der Waals surface area contributed by atoms with Crippen molar-refractivity contribution in [2.75, 3.05) is 19.8 Å². The van der Waals surface area contributed by atoms with E-state index in [0.29, 0.717) is 0 Å². The van der Waals surface area contributed by atoms with Crippen LogP contribution in [0.3, 0.4) is 0 Å². The molecule has 0 radical (unpaired) electrons. The molecule has 2 nitrogen and oxygen atoms in total. The lowest BCUT2D eigenvalue weighted by Crippen LogP contribution is -2.35. The van der Waals surface area contributed by atoms with Crippen LogP contribution in [0.1, 0.15) is 58.8 Å². The fourth-order valence-corrected chi connectivity index (χ4v) is 2.65. The van der Waals surface area contributed by atoms with Gasteiger partial charge in [-0.05, 0) is 38.0 Å². The van der Waals surface area contributed by atoms with E-state index in [1.54, 1.807) is 0 Å². The third-order valence-electron chi connectivity index (χ3n) is 3.57. The third-order valence-corrected chi connectivity index (χ3v) is 3.57. The summed E-state index contributed by atoms with van der Waals surface area (Å²) < 4.78 is 5.47. The molecule has 1 saturated carbocycles. The predicted octanol–water partition coefficient (Wildman–Crippen LogP) is 3.36. The largest absolute Gasteiger partial charge is 0.380 e. The second-order valence-corrected chi connectivity index (χ2v) is 5.07. The van der Waals surface area contributed by atoms with Gasteiger partial charge in [0.2, 0.25) is 0 Å². The van der Waals surface area contributed by atoms with Crippen LogP contribution in [0.15, 0.2) is 0 Å². The maximum absolute atomic E-state index is 5.47. The van der Waals surface area contributed by atoms with E-state index in [1.165, 1.54) is 38.5 Å². The first kappa shape index (κ1) is 14.0. The van der Waals surface area contributed by atoms with Gasteiger partial charge in [-0.3, -0.25) is 0 Å². The van der Waals surface area contributed by atoms with Crippen LogP contribution in [0.25, 0.3) is 0 Å². The molecule has 1 N–H and O–H groups in total. The van der Waals surface area contributed by atoms with Crippen molar-refractivity contribution >= 4 is 0 Å². The molecule has 0 aromatic carbocycles. The smallest absolute Gasteiger partial charge is 0.0590 e. The molecule has 0 heterocycles. The van der Waals surface area contributed by atoms with Crippen LogP contribution in [0.2, 0.25) is 0 Å². The molecular weight excluding hydrogens is 198 g/mol. The molecule has 1 rings (SSSR count). The zero-order valence-corrected chi connectivity index (χ0v) is 11.1. The molecule has 0 bridgehead atoms. The van der Waals surface area contributed by atoms with Crippen molar-refractivity contribution in [3.05, 3.63) is 0 Å². The predicted molar refractivity (Wildman–Crippen MR) is 69.8 cm³/mol. The molecule has 1 aliphatic carbocycles. The summed E-state index contributed by atoms with van der Waals surface area (Å²) in [6, 6.07) is 0.762. The van der Waals surface area contributed by atoms with Crippen LogP contribution in [-0.4, -0.2) is 25.8 Å². The molecule has 0 aromatic heterocycles. The Bertz CT molecular complexity index is 153. The first-order valence-corrected chi connectivity index (χ1v) is 7.18. The average Bonchev–Trinajstić information content (AvgIpc) is 2.31. The Morgan fingerprint density at radius 2 is 1.75 bits per heavy atom. The van der Waals surface area contributed by atoms with Crippen LogP contribution in [0.5, 0.6) is 0 Å². The molecule has 1 aliphatic rings. The zero-order chi connectivity index (χ0) is 11.6. The molecule has 2 heteroatoms. The Kier molecular flexibility index (Phi) is 7.87. The number of rotatable bonds is 8. The SMILES string of the molecule is CCCOCCNC1CCC(CCC)CC1. The normalized spacial score (nSPS) is 25.9. The van der Waals surface area contributed by atoms with Gasteiger partial charge in [-0.2, -0.15) is 0 Å². The molecule has 0 saturated heterocycles. The molecular formula is C14H29NO. The van der Waals surface area contributed by atoms with Gasteiger partial charge in [0.05, 0.1) is 6.61 Å². The summed E-state index contributed by atoms with van der Waals surface area (Å²) in [6.07, 6.45) is 9.53. The minimum atomic E-state index is 0.762. The van der Waals surface area contributed by atoms with E-state index in [0.717, 1.165) is 38.1 Å². The molecule has 96 valence electrons. The first-order valence-electron chi connectivity index (χ1n) is 7.18. The van der Waals surface area contributed by atoms with Crippen molar-refractivity contribution in [1.29, 1.82) is 0 Å². The van der Waals surface area contributed by atoms with Gasteiger partial charge in [0.1, 0.15) is 0 Å². The molecule has 1 fully saturated rings. The summed E-state index contributed by atoms with van der Waals surface area (Å²) in [7, 11) is 0. The molecule has 0 spiro atoms. The number of hydrogen-bond acceptors (Lipinski definition) is 2. The topological polar surface area (TPSA) is 21.3 Å². The van der Waals surface area contributed by atoms with Crippen molar-refractivity contribution in [3.63, 3.8) is 0 Å². The Labute approximate surface area is 101 Å². The molecule has 16 heavy (non-hydrogen) atoms. The van der Waals surface area contributed by atoms with E-state index >= 15 is 0 Å². The summed E-state index contributed by atoms with van der Waals surface area (Å²) in [6.45, 7) is 7.27. The third kappa shape index (κ3) is 5.86. The molecule has 0 aliphatic heterocycles. The molecule has 0 aromatic rings. The highest BCUT2D eigenvalue weighted by atomic mass is 16.5. The van der Waals surface area contributed by atoms with Gasteiger partial charge >= 0.3 is 0 Å². The summed E-state index contributed by atoms with van der Waals surface area (Å²) in [5, 5.41) is 3.62. The lowest BCUT2D eigenvalue weighted by Gasteiger charge is -2.29. The highest BCUT2D eigenvalue weighted by Crippen LogP contribution is 2.27. The fraction of sp³-hybridized carbons (Fsp3) is 1.00. The van der Waals surface area contributed by atoms with E-state index in [-0.39, 0.29) is 0 Å². The maximum atomic E-state index is 5.47. The Morgan fingerprint density at radius 1 is 1.00 bits per heavy atom. The Hall–Kier alpha value is -0.0800. The quantitative estimate of drug-likeness (QED) is 0.642. The highest BCUT2D eigenvalue weighted by Gasteiger charge is 2.19. The van der Waals surface area contributed by atoms with Crippen molar-refractivity contribution in [3.8, 4) is 0 Å². The maximum Gasteiger partial charge on any atom is 0.0590 e. The van der Waals surface area contributed by atoms with E-state index in [1.807, 2.05) is 0 Å². The van der Waals surface area contributed by atoms with Gasteiger partial charge in [-0.1, -0.05) is 26.7 Å². The number of ether oxygens (including phenoxy) is 1. The second kappa shape index (κ2) is 9.00. The Balaban J connectivity index is 1.95. The van der Waals surface area contributed by atoms with Gasteiger partial charge in [-0.25, -0.2) is 0 Å². The standard InChI is InChI=1S/C14H29NO/c1-3-5-13-6-8-14(9-7-13)15-10-12-16-11-4-2/h13-15H,3-12H2,1-2H3. The van der Waals surface area contributed by atoms with Crippen LogP contribution in [0, 0.1) is 5.92 Å². The van der Waals surface area contributed by atoms with Crippen LogP contribution < -0.4 is 5.32 Å². The van der Waals surface area contributed by atoms with Crippen LogP contribution in [0.4, 0.5) is 0 Å². The summed E-state index contributed by atoms with van der Waals surface area (Å²) in [5.41, 5.74) is 0. The minimum Gasteiger partial charge on any atom is -0.380 e. The average molecular weight is 227 g/mol. The molecule has 0 amide bonds. The number of hydrogen-bond donors (Lipinski definition) is 1. The fourth-order valence-electron chi connectivity index (χ4n) is 2.65. The van der Waals surface area contributed by atoms with Crippen molar-refractivity contribution < 1.29 is 4.74 Å². The van der Waals surface area contributed by atoms with Gasteiger partial charge in [0.15, 0.2) is 0 Å². The van der Waals surface area contributed by atoms with Gasteiger partial charge in [0.25, 0.3) is 0 Å². The van der Waals surface area contributed by atoms with E-state index in [9.17, 15) is 0 Å². The lowest BCUT2D eigenvalue weighted by molar-refractivity contribution is 0.131. The monoisotopic (exact) mass is 227 g/mol. The van der Waals surface area contributed by atoms with Crippen molar-refractivity contribution in [2.45, 2.75) is 64.8 Å². The summed E-state index contributed by atoms with van der Waals surface area (Å²) in [5.74, 6) is 1.01. The summed E-state index contributed by atoms with van der Waals surface area (Å²) >= 11 is 0. The highest BCUT2D eigenvalue weighted by molar-refractivity contribution is 4.76.